The van der Waals surface area contributed by atoms with Crippen molar-refractivity contribution in [2.45, 2.75) is 33.4 Å². The first kappa shape index (κ1) is 23.4. The first-order valence-corrected chi connectivity index (χ1v) is 11.1. The van der Waals surface area contributed by atoms with E-state index in [1.807, 2.05) is 43.2 Å². The number of piperazine rings is 1. The molecule has 9 heteroatoms. The minimum absolute atomic E-state index is 0.0118. The Labute approximate surface area is 197 Å². The molecule has 0 spiro atoms. The lowest BCUT2D eigenvalue weighted by molar-refractivity contribution is -0.128. The van der Waals surface area contributed by atoms with Crippen molar-refractivity contribution in [1.82, 2.24) is 24.5 Å². The number of allylic oxidation sites excluding steroid dienone is 3. The standard InChI is InChI=1S/C25H29FN6O2/c1-16(20-13-27-30(15-20)11-12-33)9-10-22-18(3)31(14-17(2)32(22)19(4)34)25-24-21(26)7-6-8-23(24)29(5)28-25/h6-10,13,15,17,33H,3,11-12,14H2,1-2,4-5H3/b16-9+,22-10+/t17-/m0/s1. The summed E-state index contributed by atoms with van der Waals surface area (Å²) >= 11 is 0. The Balaban J connectivity index is 1.76. The summed E-state index contributed by atoms with van der Waals surface area (Å²) in [5.41, 5.74) is 3.72. The van der Waals surface area contributed by atoms with E-state index in [0.717, 1.165) is 11.1 Å². The Kier molecular flexibility index (Phi) is 6.39. The fourth-order valence-electron chi connectivity index (χ4n) is 4.37. The van der Waals surface area contributed by atoms with Crippen molar-refractivity contribution in [2.75, 3.05) is 18.1 Å². The SMILES string of the molecule is C=C1/C(=C\C=C(/C)c2cnn(CCO)c2)N(C(C)=O)[C@@H](C)CN1c1nn(C)c2cccc(F)c12. The van der Waals surface area contributed by atoms with Crippen LogP contribution in [-0.4, -0.2) is 54.7 Å². The first-order valence-electron chi connectivity index (χ1n) is 11.1. The van der Waals surface area contributed by atoms with Crippen LogP contribution in [0.15, 0.2) is 60.7 Å². The number of aliphatic hydroxyl groups excluding tert-OH is 1. The molecule has 1 aliphatic heterocycles. The number of benzene rings is 1. The quantitative estimate of drug-likeness (QED) is 0.626. The highest BCUT2D eigenvalue weighted by Crippen LogP contribution is 2.36. The van der Waals surface area contributed by atoms with E-state index in [1.165, 1.54) is 13.0 Å². The van der Waals surface area contributed by atoms with Crippen LogP contribution >= 0.6 is 0 Å². The van der Waals surface area contributed by atoms with Crippen LogP contribution in [0.3, 0.4) is 0 Å². The van der Waals surface area contributed by atoms with Crippen molar-refractivity contribution in [3.05, 3.63) is 72.1 Å². The van der Waals surface area contributed by atoms with Crippen molar-refractivity contribution < 1.29 is 14.3 Å². The topological polar surface area (TPSA) is 79.4 Å². The maximum Gasteiger partial charge on any atom is 0.224 e. The van der Waals surface area contributed by atoms with E-state index in [4.69, 9.17) is 5.11 Å². The molecule has 0 aliphatic carbocycles. The summed E-state index contributed by atoms with van der Waals surface area (Å²) in [6.07, 6.45) is 7.35. The van der Waals surface area contributed by atoms with Crippen molar-refractivity contribution >= 4 is 28.2 Å². The minimum Gasteiger partial charge on any atom is -0.394 e. The van der Waals surface area contributed by atoms with Crippen LogP contribution in [-0.2, 0) is 18.4 Å². The highest BCUT2D eigenvalue weighted by atomic mass is 19.1. The molecule has 1 aliphatic rings. The lowest BCUT2D eigenvalue weighted by Crippen LogP contribution is -2.50. The van der Waals surface area contributed by atoms with Gasteiger partial charge in [-0.05, 0) is 37.6 Å². The van der Waals surface area contributed by atoms with Crippen molar-refractivity contribution in [3.63, 3.8) is 0 Å². The third kappa shape index (κ3) is 4.14. The van der Waals surface area contributed by atoms with E-state index >= 15 is 0 Å². The molecular formula is C25H29FN6O2. The molecule has 1 fully saturated rings. The summed E-state index contributed by atoms with van der Waals surface area (Å²) in [6, 6.07) is 4.73. The molecule has 0 unspecified atom stereocenters. The van der Waals surface area contributed by atoms with Crippen LogP contribution in [0.2, 0.25) is 0 Å². The summed E-state index contributed by atoms with van der Waals surface area (Å²) in [4.78, 5) is 16.1. The molecule has 1 aromatic carbocycles. The Morgan fingerprint density at radius 1 is 1.35 bits per heavy atom. The molecule has 1 saturated heterocycles. The van der Waals surface area contributed by atoms with Gasteiger partial charge < -0.3 is 14.9 Å². The second kappa shape index (κ2) is 9.26. The number of carbonyl (C=O) groups excluding carboxylic acids is 1. The number of fused-ring (bicyclic) bond motifs is 1. The summed E-state index contributed by atoms with van der Waals surface area (Å²) in [7, 11) is 1.78. The van der Waals surface area contributed by atoms with Gasteiger partial charge in [0.05, 0.1) is 47.7 Å². The molecule has 1 atom stereocenters. The van der Waals surface area contributed by atoms with Crippen molar-refractivity contribution in [3.8, 4) is 0 Å². The summed E-state index contributed by atoms with van der Waals surface area (Å²) < 4.78 is 18.1. The Bertz CT molecular complexity index is 1320. The molecule has 3 heterocycles. The highest BCUT2D eigenvalue weighted by Gasteiger charge is 2.35. The largest absolute Gasteiger partial charge is 0.394 e. The number of anilines is 1. The van der Waals surface area contributed by atoms with Gasteiger partial charge in [0.2, 0.25) is 5.91 Å². The monoisotopic (exact) mass is 464 g/mol. The number of hydrogen-bond donors (Lipinski definition) is 1. The number of carbonyl (C=O) groups is 1. The number of nitrogens with zero attached hydrogens (tertiary/aromatic N) is 6. The van der Waals surface area contributed by atoms with Gasteiger partial charge in [0.1, 0.15) is 5.82 Å². The van der Waals surface area contributed by atoms with Crippen LogP contribution < -0.4 is 4.90 Å². The smallest absolute Gasteiger partial charge is 0.224 e. The lowest BCUT2D eigenvalue weighted by atomic mass is 10.1. The van der Waals surface area contributed by atoms with Gasteiger partial charge in [-0.2, -0.15) is 10.2 Å². The molecular weight excluding hydrogens is 435 g/mol. The first-order chi connectivity index (χ1) is 16.2. The average molecular weight is 465 g/mol. The van der Waals surface area contributed by atoms with E-state index in [9.17, 15) is 9.18 Å². The third-order valence-electron chi connectivity index (χ3n) is 6.08. The average Bonchev–Trinajstić information content (AvgIpc) is 3.39. The maximum atomic E-state index is 14.8. The van der Waals surface area contributed by atoms with Gasteiger partial charge in [0, 0.05) is 32.3 Å². The van der Waals surface area contributed by atoms with Crippen LogP contribution in [0, 0.1) is 5.82 Å². The van der Waals surface area contributed by atoms with Gasteiger partial charge >= 0.3 is 0 Å². The molecule has 0 saturated carbocycles. The van der Waals surface area contributed by atoms with Crippen molar-refractivity contribution in [2.24, 2.45) is 7.05 Å². The molecule has 1 N–H and O–H groups in total. The fourth-order valence-corrected chi connectivity index (χ4v) is 4.37. The fraction of sp³-hybridized carbons (Fsp3) is 0.320. The van der Waals surface area contributed by atoms with E-state index in [1.54, 1.807) is 33.6 Å². The minimum atomic E-state index is -0.351. The lowest BCUT2D eigenvalue weighted by Gasteiger charge is -2.42. The number of hydrogen-bond acceptors (Lipinski definition) is 5. The molecule has 0 radical (unpaired) electrons. The molecule has 0 bridgehead atoms. The number of halogens is 1. The van der Waals surface area contributed by atoms with Crippen LogP contribution in [0.5, 0.6) is 0 Å². The van der Waals surface area contributed by atoms with Crippen LogP contribution in [0.25, 0.3) is 16.5 Å². The number of aromatic nitrogens is 4. The molecule has 1 amide bonds. The Morgan fingerprint density at radius 2 is 2.12 bits per heavy atom. The number of aliphatic hydroxyl groups is 1. The predicted octanol–water partition coefficient (Wildman–Crippen LogP) is 3.46. The summed E-state index contributed by atoms with van der Waals surface area (Å²) in [5, 5.41) is 18.4. The molecule has 8 nitrogen and oxygen atoms in total. The van der Waals surface area contributed by atoms with Gasteiger partial charge in [0.15, 0.2) is 5.82 Å². The van der Waals surface area contributed by atoms with Crippen LogP contribution in [0.1, 0.15) is 26.3 Å². The highest BCUT2D eigenvalue weighted by molar-refractivity contribution is 5.93. The number of aryl methyl sites for hydroxylation is 1. The number of amides is 1. The zero-order valence-electron chi connectivity index (χ0n) is 19.9. The molecule has 2 aromatic heterocycles. The van der Waals surface area contributed by atoms with Gasteiger partial charge in [-0.15, -0.1) is 0 Å². The zero-order valence-corrected chi connectivity index (χ0v) is 19.9. The molecule has 178 valence electrons. The van der Waals surface area contributed by atoms with E-state index < -0.39 is 0 Å². The third-order valence-corrected chi connectivity index (χ3v) is 6.08. The second-order valence-electron chi connectivity index (χ2n) is 8.49. The van der Waals surface area contributed by atoms with E-state index in [2.05, 4.69) is 16.8 Å². The molecule has 4 rings (SSSR count). The zero-order chi connectivity index (χ0) is 24.6. The van der Waals surface area contributed by atoms with Gasteiger partial charge in [-0.25, -0.2) is 4.39 Å². The van der Waals surface area contributed by atoms with E-state index in [-0.39, 0.29) is 24.4 Å². The summed E-state index contributed by atoms with van der Waals surface area (Å²) in [6.45, 7) is 10.6. The predicted molar refractivity (Wildman–Crippen MR) is 130 cm³/mol. The summed E-state index contributed by atoms with van der Waals surface area (Å²) in [5.74, 6) is 0.0298. The van der Waals surface area contributed by atoms with Crippen molar-refractivity contribution in [1.29, 1.82) is 0 Å². The van der Waals surface area contributed by atoms with Gasteiger partial charge in [0.25, 0.3) is 0 Å². The molecule has 34 heavy (non-hydrogen) atoms. The van der Waals surface area contributed by atoms with Crippen LogP contribution in [0.4, 0.5) is 10.2 Å². The number of rotatable bonds is 5. The maximum absolute atomic E-state index is 14.8. The van der Waals surface area contributed by atoms with Gasteiger partial charge in [-0.3, -0.25) is 14.2 Å². The Morgan fingerprint density at radius 3 is 2.82 bits per heavy atom. The van der Waals surface area contributed by atoms with Gasteiger partial charge in [-0.1, -0.05) is 18.7 Å². The Hall–Kier alpha value is -3.72. The second-order valence-corrected chi connectivity index (χ2v) is 8.49. The molecule has 3 aromatic rings. The van der Waals surface area contributed by atoms with E-state index in [0.29, 0.717) is 41.2 Å². The normalized spacial score (nSPS) is 18.4.